The summed E-state index contributed by atoms with van der Waals surface area (Å²) in [6, 6.07) is 26.5. The number of phenols is 1. The predicted molar refractivity (Wildman–Crippen MR) is 136 cm³/mol. The first-order valence-electron chi connectivity index (χ1n) is 11.9. The van der Waals surface area contributed by atoms with Crippen LogP contribution in [0.1, 0.15) is 44.4 Å². The Labute approximate surface area is 225 Å². The summed E-state index contributed by atoms with van der Waals surface area (Å²) >= 11 is 0. The maximum absolute atomic E-state index is 10.1. The van der Waals surface area contributed by atoms with Gasteiger partial charge in [0.25, 0.3) is 0 Å². The van der Waals surface area contributed by atoms with Gasteiger partial charge in [-0.3, -0.25) is 4.99 Å². The standard InChI is InChI=1S/C30H27N2O3.Pt/c1-29(2)21-12-5-6-13-22(21)30(3,4)27-26(29)32-28(35-27)19-10-7-11-20(17-19)34-24-16-15-18-9-8-14-23(33)25(18)31-24;/h5-16,26-27,33H,1-4H3;/q-1;/t26-,27?;/m1./s1. The molecule has 2 heterocycles. The Kier molecular flexibility index (Phi) is 5.95. The number of phenolic OH excluding ortho intramolecular Hbond substituents is 1. The topological polar surface area (TPSA) is 63.9 Å². The van der Waals surface area contributed by atoms with Gasteiger partial charge in [0.15, 0.2) is 0 Å². The number of hydrogen-bond donors (Lipinski definition) is 1. The van der Waals surface area contributed by atoms with Crippen LogP contribution in [0.15, 0.2) is 77.8 Å². The van der Waals surface area contributed by atoms with Crippen molar-refractivity contribution in [1.29, 1.82) is 0 Å². The van der Waals surface area contributed by atoms with Crippen molar-refractivity contribution in [3.63, 3.8) is 0 Å². The maximum atomic E-state index is 10.1. The average molecular weight is 659 g/mol. The van der Waals surface area contributed by atoms with Crippen LogP contribution < -0.4 is 4.74 Å². The minimum atomic E-state index is -0.187. The third-order valence-electron chi connectivity index (χ3n) is 7.43. The molecule has 0 amide bonds. The number of ether oxygens (including phenoxy) is 2. The van der Waals surface area contributed by atoms with Gasteiger partial charge < -0.3 is 14.6 Å². The van der Waals surface area contributed by atoms with Gasteiger partial charge in [0.05, 0.1) is 6.04 Å². The van der Waals surface area contributed by atoms with E-state index >= 15 is 0 Å². The van der Waals surface area contributed by atoms with E-state index in [1.165, 1.54) is 11.1 Å². The fourth-order valence-electron chi connectivity index (χ4n) is 5.46. The molecule has 1 unspecified atom stereocenters. The Hall–Kier alpha value is -3.17. The first kappa shape index (κ1) is 24.5. The molecular weight excluding hydrogens is 631 g/mol. The molecule has 186 valence electrons. The smallest absolute Gasteiger partial charge is 0.217 e. The van der Waals surface area contributed by atoms with Crippen LogP contribution in [-0.4, -0.2) is 28.1 Å². The van der Waals surface area contributed by atoms with Crippen LogP contribution in [0.25, 0.3) is 10.9 Å². The number of rotatable bonds is 3. The Morgan fingerprint density at radius 2 is 1.58 bits per heavy atom. The molecule has 5 nitrogen and oxygen atoms in total. The number of aromatic nitrogens is 1. The average Bonchev–Trinajstić information content (AvgIpc) is 3.32. The van der Waals surface area contributed by atoms with Gasteiger partial charge >= 0.3 is 0 Å². The van der Waals surface area contributed by atoms with E-state index in [9.17, 15) is 5.11 Å². The molecule has 0 fully saturated rings. The molecule has 6 rings (SSSR count). The van der Waals surface area contributed by atoms with E-state index < -0.39 is 0 Å². The molecule has 1 N–H and O–H groups in total. The van der Waals surface area contributed by atoms with Crippen LogP contribution in [0.4, 0.5) is 0 Å². The zero-order chi connectivity index (χ0) is 24.4. The summed E-state index contributed by atoms with van der Waals surface area (Å²) in [6.45, 7) is 8.97. The van der Waals surface area contributed by atoms with Gasteiger partial charge in [0.2, 0.25) is 5.88 Å². The summed E-state index contributed by atoms with van der Waals surface area (Å²) in [6.07, 6.45) is -0.0782. The molecule has 6 heteroatoms. The monoisotopic (exact) mass is 658 g/mol. The fraction of sp³-hybridized carbons (Fsp3) is 0.267. The second kappa shape index (κ2) is 8.74. The Balaban J connectivity index is 0.00000267. The normalized spacial score (nSPS) is 20.9. The van der Waals surface area contributed by atoms with Crippen LogP contribution in [0.2, 0.25) is 0 Å². The summed E-state index contributed by atoms with van der Waals surface area (Å²) in [7, 11) is 0. The van der Waals surface area contributed by atoms with Crippen molar-refractivity contribution in [1.82, 2.24) is 4.98 Å². The van der Waals surface area contributed by atoms with Crippen molar-refractivity contribution >= 4 is 16.8 Å². The van der Waals surface area contributed by atoms with Gasteiger partial charge in [0, 0.05) is 49.1 Å². The largest absolute Gasteiger partial charge is 0.514 e. The fourth-order valence-corrected chi connectivity index (χ4v) is 5.46. The molecule has 36 heavy (non-hydrogen) atoms. The molecule has 2 atom stereocenters. The maximum Gasteiger partial charge on any atom is 0.217 e. The molecule has 0 saturated carbocycles. The van der Waals surface area contributed by atoms with Crippen LogP contribution in [-0.2, 0) is 36.6 Å². The van der Waals surface area contributed by atoms with Gasteiger partial charge in [-0.25, -0.2) is 4.98 Å². The number of nitrogens with zero attached hydrogens (tertiary/aromatic N) is 2. The molecule has 1 aliphatic heterocycles. The number of aromatic hydroxyl groups is 1. The van der Waals surface area contributed by atoms with E-state index in [2.05, 4.69) is 63.0 Å². The zero-order valence-electron chi connectivity index (χ0n) is 20.6. The first-order chi connectivity index (χ1) is 16.7. The van der Waals surface area contributed by atoms with Crippen LogP contribution in [0, 0.1) is 6.07 Å². The van der Waals surface area contributed by atoms with Gasteiger partial charge in [-0.15, -0.1) is 18.2 Å². The van der Waals surface area contributed by atoms with Crippen molar-refractivity contribution in [3.05, 3.63) is 95.6 Å². The van der Waals surface area contributed by atoms with Crippen molar-refractivity contribution < 1.29 is 35.6 Å². The number of hydrogen-bond acceptors (Lipinski definition) is 5. The van der Waals surface area contributed by atoms with E-state index in [0.29, 0.717) is 23.0 Å². The van der Waals surface area contributed by atoms with Crippen LogP contribution in [0.3, 0.4) is 0 Å². The van der Waals surface area contributed by atoms with Crippen molar-refractivity contribution in [3.8, 4) is 17.4 Å². The molecule has 2 aliphatic rings. The summed E-state index contributed by atoms with van der Waals surface area (Å²) in [4.78, 5) is 9.55. The van der Waals surface area contributed by atoms with E-state index in [1.54, 1.807) is 18.2 Å². The Morgan fingerprint density at radius 3 is 2.36 bits per heavy atom. The van der Waals surface area contributed by atoms with Crippen LogP contribution >= 0.6 is 0 Å². The van der Waals surface area contributed by atoms with Gasteiger partial charge in [-0.05, 0) is 23.3 Å². The van der Waals surface area contributed by atoms with Gasteiger partial charge in [-0.1, -0.05) is 75.7 Å². The molecule has 3 aromatic carbocycles. The number of fused-ring (bicyclic) bond motifs is 3. The van der Waals surface area contributed by atoms with E-state index in [4.69, 9.17) is 14.5 Å². The third kappa shape index (κ3) is 3.81. The second-order valence-corrected chi connectivity index (χ2v) is 10.4. The molecule has 0 radical (unpaired) electrons. The Morgan fingerprint density at radius 1 is 0.861 bits per heavy atom. The summed E-state index contributed by atoms with van der Waals surface area (Å²) < 4.78 is 12.6. The van der Waals surface area contributed by atoms with Crippen molar-refractivity contribution in [2.75, 3.05) is 0 Å². The number of para-hydroxylation sites is 1. The quantitative estimate of drug-likeness (QED) is 0.262. The Bertz CT molecular complexity index is 1490. The minimum Gasteiger partial charge on any atom is -0.514 e. The van der Waals surface area contributed by atoms with E-state index in [0.717, 1.165) is 10.9 Å². The summed E-state index contributed by atoms with van der Waals surface area (Å²) in [5.41, 5.74) is 3.53. The third-order valence-corrected chi connectivity index (χ3v) is 7.43. The van der Waals surface area contributed by atoms with Gasteiger partial charge in [-0.2, -0.15) is 0 Å². The molecule has 0 spiro atoms. The van der Waals surface area contributed by atoms with E-state index in [1.807, 2.05) is 30.3 Å². The molecule has 1 aliphatic carbocycles. The SMILES string of the molecule is CC1(C)c2ccccc2C(C)(C)[C@@H]2N=C(c3[c-]c(Oc4ccc5cccc(O)c5n4)ccc3)OC21.[Pt]. The summed E-state index contributed by atoms with van der Waals surface area (Å²) in [5.74, 6) is 1.59. The zero-order valence-corrected chi connectivity index (χ0v) is 22.8. The molecule has 4 aromatic rings. The number of pyridine rings is 1. The molecule has 0 bridgehead atoms. The summed E-state index contributed by atoms with van der Waals surface area (Å²) in [5, 5.41) is 11.0. The van der Waals surface area contributed by atoms with Crippen molar-refractivity contribution in [2.45, 2.75) is 50.7 Å². The minimum absolute atomic E-state index is 0. The van der Waals surface area contributed by atoms with Gasteiger partial charge in [0.1, 0.15) is 23.3 Å². The number of benzene rings is 3. The molecule has 1 aromatic heterocycles. The predicted octanol–water partition coefficient (Wildman–Crippen LogP) is 6.31. The van der Waals surface area contributed by atoms with E-state index in [-0.39, 0.29) is 49.8 Å². The second-order valence-electron chi connectivity index (χ2n) is 10.4. The first-order valence-corrected chi connectivity index (χ1v) is 11.9. The molecular formula is C30H27N2O3Pt-. The number of aliphatic imine (C=N–C) groups is 1. The molecule has 0 saturated heterocycles. The van der Waals surface area contributed by atoms with Crippen LogP contribution in [0.5, 0.6) is 17.4 Å². The van der Waals surface area contributed by atoms with Crippen molar-refractivity contribution in [2.24, 2.45) is 4.99 Å².